The van der Waals surface area contributed by atoms with Crippen LogP contribution in [0.2, 0.25) is 0 Å². The Morgan fingerprint density at radius 2 is 1.57 bits per heavy atom. The van der Waals surface area contributed by atoms with Gasteiger partial charge in [-0.1, -0.05) is 24.3 Å². The van der Waals surface area contributed by atoms with Crippen molar-refractivity contribution in [2.45, 2.75) is 19.3 Å². The molecule has 1 unspecified atom stereocenters. The summed E-state index contributed by atoms with van der Waals surface area (Å²) in [5.41, 5.74) is 7.77. The summed E-state index contributed by atoms with van der Waals surface area (Å²) >= 11 is 0. The standard InChI is InChI=1S/C15H13F4NO/c1-9-8-11(4-7-13(9)16)14(20)10-2-5-12(6-3-10)21-15(17,18)19/h2-8,14H,20H2,1H3. The van der Waals surface area contributed by atoms with Crippen LogP contribution < -0.4 is 10.5 Å². The molecule has 0 spiro atoms. The van der Waals surface area contributed by atoms with E-state index in [0.29, 0.717) is 16.7 Å². The van der Waals surface area contributed by atoms with E-state index in [2.05, 4.69) is 4.74 Å². The van der Waals surface area contributed by atoms with Gasteiger partial charge in [0, 0.05) is 0 Å². The molecule has 0 aliphatic rings. The highest BCUT2D eigenvalue weighted by Crippen LogP contribution is 2.26. The average Bonchev–Trinajstić information content (AvgIpc) is 2.40. The Bertz CT molecular complexity index is 623. The van der Waals surface area contributed by atoms with Gasteiger partial charge in [0.1, 0.15) is 11.6 Å². The van der Waals surface area contributed by atoms with Crippen LogP contribution in [0, 0.1) is 12.7 Å². The monoisotopic (exact) mass is 299 g/mol. The summed E-state index contributed by atoms with van der Waals surface area (Å²) in [6, 6.07) is 9.20. The van der Waals surface area contributed by atoms with Gasteiger partial charge < -0.3 is 10.5 Å². The predicted molar refractivity (Wildman–Crippen MR) is 70.3 cm³/mol. The lowest BCUT2D eigenvalue weighted by Crippen LogP contribution is -2.17. The predicted octanol–water partition coefficient (Wildman–Crippen LogP) is 4.08. The molecule has 0 saturated carbocycles. The molecule has 2 nitrogen and oxygen atoms in total. The molecule has 2 aromatic rings. The molecule has 21 heavy (non-hydrogen) atoms. The zero-order valence-corrected chi connectivity index (χ0v) is 11.1. The molecule has 1 atom stereocenters. The van der Waals surface area contributed by atoms with E-state index in [1.807, 2.05) is 0 Å². The minimum absolute atomic E-state index is 0.311. The molecule has 112 valence electrons. The highest BCUT2D eigenvalue weighted by atomic mass is 19.4. The third-order valence-corrected chi connectivity index (χ3v) is 3.01. The first-order chi connectivity index (χ1) is 9.76. The van der Waals surface area contributed by atoms with Crippen molar-refractivity contribution in [2.24, 2.45) is 5.73 Å². The Balaban J connectivity index is 2.19. The van der Waals surface area contributed by atoms with E-state index >= 15 is 0 Å². The largest absolute Gasteiger partial charge is 0.573 e. The van der Waals surface area contributed by atoms with Crippen molar-refractivity contribution >= 4 is 0 Å². The van der Waals surface area contributed by atoms with E-state index < -0.39 is 12.4 Å². The summed E-state index contributed by atoms with van der Waals surface area (Å²) in [4.78, 5) is 0. The third kappa shape index (κ3) is 3.95. The van der Waals surface area contributed by atoms with E-state index in [4.69, 9.17) is 5.73 Å². The fraction of sp³-hybridized carbons (Fsp3) is 0.200. The summed E-state index contributed by atoms with van der Waals surface area (Å²) < 4.78 is 53.2. The molecule has 2 N–H and O–H groups in total. The molecule has 0 radical (unpaired) electrons. The topological polar surface area (TPSA) is 35.2 Å². The number of ether oxygens (including phenoxy) is 1. The SMILES string of the molecule is Cc1cc(C(N)c2ccc(OC(F)(F)F)cc2)ccc1F. The van der Waals surface area contributed by atoms with Crippen LogP contribution in [0.15, 0.2) is 42.5 Å². The van der Waals surface area contributed by atoms with Gasteiger partial charge in [-0.05, 0) is 41.8 Å². The quantitative estimate of drug-likeness (QED) is 0.867. The van der Waals surface area contributed by atoms with E-state index in [9.17, 15) is 17.6 Å². The molecule has 0 heterocycles. The molecule has 6 heteroatoms. The van der Waals surface area contributed by atoms with Crippen LogP contribution in [0.1, 0.15) is 22.7 Å². The first-order valence-corrected chi connectivity index (χ1v) is 6.13. The maximum Gasteiger partial charge on any atom is 0.573 e. The van der Waals surface area contributed by atoms with Crippen LogP contribution in [-0.4, -0.2) is 6.36 Å². The van der Waals surface area contributed by atoms with Gasteiger partial charge in [-0.2, -0.15) is 0 Å². The summed E-state index contributed by atoms with van der Waals surface area (Å²) in [6.07, 6.45) is -4.72. The van der Waals surface area contributed by atoms with Crippen LogP contribution in [0.5, 0.6) is 5.75 Å². The van der Waals surface area contributed by atoms with Gasteiger partial charge in [0.05, 0.1) is 6.04 Å². The van der Waals surface area contributed by atoms with Gasteiger partial charge in [0.2, 0.25) is 0 Å². The van der Waals surface area contributed by atoms with Gasteiger partial charge in [0.25, 0.3) is 0 Å². The van der Waals surface area contributed by atoms with Crippen molar-refractivity contribution < 1.29 is 22.3 Å². The molecule has 0 aliphatic carbocycles. The Morgan fingerprint density at radius 3 is 2.10 bits per heavy atom. The van der Waals surface area contributed by atoms with Gasteiger partial charge in [-0.15, -0.1) is 13.2 Å². The summed E-state index contributed by atoms with van der Waals surface area (Å²) in [5, 5.41) is 0. The molecule has 0 amide bonds. The van der Waals surface area contributed by atoms with Gasteiger partial charge in [0.15, 0.2) is 0 Å². The Hall–Kier alpha value is -2.08. The van der Waals surface area contributed by atoms with Crippen LogP contribution >= 0.6 is 0 Å². The maximum absolute atomic E-state index is 13.2. The van der Waals surface area contributed by atoms with Gasteiger partial charge in [-0.25, -0.2) is 4.39 Å². The summed E-state index contributed by atoms with van der Waals surface area (Å²) in [5.74, 6) is -0.645. The molecule has 0 bridgehead atoms. The number of rotatable bonds is 3. The molecule has 0 aliphatic heterocycles. The van der Waals surface area contributed by atoms with Crippen molar-refractivity contribution in [1.82, 2.24) is 0 Å². The van der Waals surface area contributed by atoms with E-state index in [0.717, 1.165) is 0 Å². The Labute approximate surface area is 119 Å². The first kappa shape index (κ1) is 15.3. The minimum atomic E-state index is -4.72. The van der Waals surface area contributed by atoms with Crippen molar-refractivity contribution in [3.8, 4) is 5.75 Å². The van der Waals surface area contributed by atoms with Crippen LogP contribution in [-0.2, 0) is 0 Å². The second kappa shape index (κ2) is 5.73. The van der Waals surface area contributed by atoms with Crippen molar-refractivity contribution in [3.05, 3.63) is 65.0 Å². The normalized spacial score (nSPS) is 13.0. The fourth-order valence-corrected chi connectivity index (χ4v) is 1.93. The fourth-order valence-electron chi connectivity index (χ4n) is 1.93. The van der Waals surface area contributed by atoms with Crippen LogP contribution in [0.3, 0.4) is 0 Å². The van der Waals surface area contributed by atoms with Gasteiger partial charge in [-0.3, -0.25) is 0 Å². The lowest BCUT2D eigenvalue weighted by molar-refractivity contribution is -0.274. The zero-order valence-electron chi connectivity index (χ0n) is 11.1. The molecule has 0 saturated heterocycles. The average molecular weight is 299 g/mol. The lowest BCUT2D eigenvalue weighted by Gasteiger charge is -2.15. The number of halogens is 4. The van der Waals surface area contributed by atoms with Crippen molar-refractivity contribution in [2.75, 3.05) is 0 Å². The lowest BCUT2D eigenvalue weighted by atomic mass is 9.98. The van der Waals surface area contributed by atoms with E-state index in [-0.39, 0.29) is 11.6 Å². The van der Waals surface area contributed by atoms with Crippen LogP contribution in [0.4, 0.5) is 17.6 Å². The molecule has 2 aromatic carbocycles. The maximum atomic E-state index is 13.2. The molecular formula is C15H13F4NO. The van der Waals surface area contributed by atoms with Crippen LogP contribution in [0.25, 0.3) is 0 Å². The third-order valence-electron chi connectivity index (χ3n) is 3.01. The molecule has 0 fully saturated rings. The number of hydrogen-bond donors (Lipinski definition) is 1. The minimum Gasteiger partial charge on any atom is -0.406 e. The van der Waals surface area contributed by atoms with Gasteiger partial charge >= 0.3 is 6.36 Å². The smallest absolute Gasteiger partial charge is 0.406 e. The highest BCUT2D eigenvalue weighted by molar-refractivity contribution is 5.36. The summed E-state index contributed by atoms with van der Waals surface area (Å²) in [6.45, 7) is 1.62. The first-order valence-electron chi connectivity index (χ1n) is 6.13. The second-order valence-electron chi connectivity index (χ2n) is 4.60. The number of benzene rings is 2. The number of aryl methyl sites for hydroxylation is 1. The van der Waals surface area contributed by atoms with E-state index in [1.54, 1.807) is 19.1 Å². The second-order valence-corrected chi connectivity index (χ2v) is 4.60. The number of nitrogens with two attached hydrogens (primary N) is 1. The Morgan fingerprint density at radius 1 is 1.00 bits per heavy atom. The molecular weight excluding hydrogens is 286 g/mol. The van der Waals surface area contributed by atoms with E-state index in [1.165, 1.54) is 30.3 Å². The number of hydrogen-bond acceptors (Lipinski definition) is 2. The van der Waals surface area contributed by atoms with Crippen molar-refractivity contribution in [1.29, 1.82) is 0 Å². The molecule has 2 rings (SSSR count). The zero-order chi connectivity index (χ0) is 15.6. The Kier molecular flexibility index (Phi) is 4.18. The number of alkyl halides is 3. The van der Waals surface area contributed by atoms with Crippen molar-refractivity contribution in [3.63, 3.8) is 0 Å². The summed E-state index contributed by atoms with van der Waals surface area (Å²) in [7, 11) is 0. The molecule has 0 aromatic heterocycles. The highest BCUT2D eigenvalue weighted by Gasteiger charge is 2.31.